The van der Waals surface area contributed by atoms with Crippen LogP contribution in [0, 0.1) is 0 Å². The molecule has 0 heterocycles. The third-order valence-corrected chi connectivity index (χ3v) is 7.88. The van der Waals surface area contributed by atoms with Gasteiger partial charge in [0, 0.05) is 9.79 Å². The van der Waals surface area contributed by atoms with Gasteiger partial charge in [0.05, 0.1) is 25.1 Å². The molecule has 0 amide bonds. The van der Waals surface area contributed by atoms with Crippen LogP contribution in [-0.2, 0) is 10.9 Å². The Morgan fingerprint density at radius 1 is 0.528 bits per heavy atom. The van der Waals surface area contributed by atoms with E-state index in [2.05, 4.69) is 72.8 Å². The van der Waals surface area contributed by atoms with Gasteiger partial charge in [-0.3, -0.25) is 0 Å². The predicted molar refractivity (Wildman–Crippen MR) is 136 cm³/mol. The van der Waals surface area contributed by atoms with Crippen molar-refractivity contribution in [3.63, 3.8) is 0 Å². The van der Waals surface area contributed by atoms with Crippen molar-refractivity contribution in [1.82, 2.24) is 0 Å². The van der Waals surface area contributed by atoms with Gasteiger partial charge in [0.2, 0.25) is 0 Å². The van der Waals surface area contributed by atoms with E-state index in [1.165, 1.54) is 24.5 Å². The average molecular weight is 648 g/mol. The van der Waals surface area contributed by atoms with Crippen molar-refractivity contribution in [2.45, 2.75) is 24.5 Å². The Labute approximate surface area is 218 Å². The van der Waals surface area contributed by atoms with Crippen LogP contribution in [0.2, 0.25) is 0 Å². The Morgan fingerprint density at radius 2 is 0.861 bits per heavy atom. The van der Waals surface area contributed by atoms with Crippen LogP contribution in [0.25, 0.3) is 0 Å². The van der Waals surface area contributed by atoms with E-state index in [1.807, 2.05) is 30.3 Å². The first-order valence-corrected chi connectivity index (χ1v) is 17.3. The predicted octanol–water partition coefficient (Wildman–Crippen LogP) is 8.67. The van der Waals surface area contributed by atoms with Gasteiger partial charge in [0.25, 0.3) is 0 Å². The number of ether oxygens (including phenoxy) is 2. The summed E-state index contributed by atoms with van der Waals surface area (Å²) in [5, 5.41) is 0. The maximum atomic E-state index is 9.91. The molecule has 0 radical (unpaired) electrons. The fourth-order valence-electron chi connectivity index (χ4n) is 3.10. The zero-order valence-corrected chi connectivity index (χ0v) is 23.5. The van der Waals surface area contributed by atoms with Crippen LogP contribution in [0.4, 0.5) is 14.1 Å². The zero-order chi connectivity index (χ0) is 26.2. The second kappa shape index (κ2) is 12.3. The molecule has 0 atom stereocenters. The molecule has 10 heteroatoms. The Kier molecular flexibility index (Phi) is 9.61. The molecule has 0 spiro atoms. The molecule has 0 N–H and O–H groups in total. The quantitative estimate of drug-likeness (QED) is 0.114. The second-order valence-electron chi connectivity index (χ2n) is 7.18. The van der Waals surface area contributed by atoms with E-state index in [9.17, 15) is 14.1 Å². The average Bonchev–Trinajstić information content (AvgIpc) is 2.85. The maximum absolute atomic E-state index is 9.91. The first-order chi connectivity index (χ1) is 17.0. The normalized spacial score (nSPS) is 12.2. The number of hydrogen-bond donors (Lipinski definition) is 0. The molecular weight excluding hydrogens is 625 g/mol. The molecule has 0 aliphatic rings. The first-order valence-electron chi connectivity index (χ1n) is 10.5. The second-order valence-corrected chi connectivity index (χ2v) is 14.0. The summed E-state index contributed by atoms with van der Waals surface area (Å²) in [5.41, 5.74) is 0. The Balaban J connectivity index is 0.000000538. The molecule has 0 bridgehead atoms. The summed E-state index contributed by atoms with van der Waals surface area (Å²) >= 11 is -7.41. The Morgan fingerprint density at radius 3 is 1.22 bits per heavy atom. The third-order valence-electron chi connectivity index (χ3n) is 4.63. The Hall–Kier alpha value is -2.35. The minimum absolute atomic E-state index is 0.210. The molecular formula is C26H23F5O2S2Sb+. The van der Waals surface area contributed by atoms with Crippen LogP contribution >= 0.6 is 11.8 Å². The topological polar surface area (TPSA) is 18.5 Å². The van der Waals surface area contributed by atoms with E-state index < -0.39 is 20.3 Å². The fourth-order valence-corrected chi connectivity index (χ4v) is 5.98. The summed E-state index contributed by atoms with van der Waals surface area (Å²) < 4.78 is 60.2. The van der Waals surface area contributed by atoms with Crippen LogP contribution in [0.1, 0.15) is 0 Å². The third kappa shape index (κ3) is 9.60. The van der Waals surface area contributed by atoms with Crippen LogP contribution in [0.15, 0.2) is 128 Å². The van der Waals surface area contributed by atoms with E-state index in [-0.39, 0.29) is 10.9 Å². The summed E-state index contributed by atoms with van der Waals surface area (Å²) in [6.45, 7) is 0. The fraction of sp³-hybridized carbons (Fsp3) is 0.0769. The van der Waals surface area contributed by atoms with Gasteiger partial charge >= 0.3 is 34.4 Å². The molecule has 2 nitrogen and oxygen atoms in total. The zero-order valence-electron chi connectivity index (χ0n) is 19.3. The molecule has 4 aromatic carbocycles. The van der Waals surface area contributed by atoms with Gasteiger partial charge in [-0.05, 0) is 84.9 Å². The molecule has 0 saturated heterocycles. The van der Waals surface area contributed by atoms with Crippen molar-refractivity contribution in [3.05, 3.63) is 103 Å². The van der Waals surface area contributed by atoms with Gasteiger partial charge in [0.15, 0.2) is 14.7 Å². The molecule has 0 aliphatic heterocycles. The van der Waals surface area contributed by atoms with Crippen LogP contribution < -0.4 is 9.47 Å². The summed E-state index contributed by atoms with van der Waals surface area (Å²) in [7, 11) is 3.18. The monoisotopic (exact) mass is 647 g/mol. The van der Waals surface area contributed by atoms with Gasteiger partial charge in [-0.15, -0.1) is 0 Å². The van der Waals surface area contributed by atoms with Gasteiger partial charge in [-0.25, -0.2) is 0 Å². The number of rotatable bonds is 7. The molecule has 190 valence electrons. The van der Waals surface area contributed by atoms with E-state index in [0.717, 1.165) is 11.5 Å². The van der Waals surface area contributed by atoms with E-state index in [0.29, 0.717) is 0 Å². The van der Waals surface area contributed by atoms with Gasteiger partial charge in [-0.2, -0.15) is 0 Å². The van der Waals surface area contributed by atoms with Crippen LogP contribution in [0.3, 0.4) is 0 Å². The molecule has 0 aromatic heterocycles. The van der Waals surface area contributed by atoms with Crippen molar-refractivity contribution >= 4 is 43.0 Å². The molecule has 0 aliphatic carbocycles. The summed E-state index contributed by atoms with van der Waals surface area (Å²) in [6, 6.07) is 36.1. The summed E-state index contributed by atoms with van der Waals surface area (Å²) in [4.78, 5) is 6.27. The Bertz CT molecular complexity index is 1170. The van der Waals surface area contributed by atoms with Crippen molar-refractivity contribution in [2.24, 2.45) is 0 Å². The van der Waals surface area contributed by atoms with Crippen LogP contribution in [-0.4, -0.2) is 34.5 Å². The standard InChI is InChI=1S/C26H23O2S2.5FH.Sb/c1-27-20-8-14-24(15-9-20)30(25-16-10-21(28-2)11-17-25)26-18-12-23(13-19-26)29-22-6-4-3-5-7-22;;;;;;/h3-19H,1-2H3;5*1H;/q+1;;;;;;+5/p-5. The molecule has 4 rings (SSSR count). The number of methoxy groups -OCH3 is 2. The number of benzene rings is 4. The molecule has 0 unspecified atom stereocenters. The molecule has 0 saturated carbocycles. The van der Waals surface area contributed by atoms with Gasteiger partial charge < -0.3 is 9.47 Å². The first kappa shape index (κ1) is 28.2. The van der Waals surface area contributed by atoms with Crippen LogP contribution in [0.5, 0.6) is 11.5 Å². The minimum atomic E-state index is -9.19. The van der Waals surface area contributed by atoms with Crippen molar-refractivity contribution in [3.8, 4) is 11.5 Å². The number of hydrogen-bond acceptors (Lipinski definition) is 3. The van der Waals surface area contributed by atoms with Gasteiger partial charge in [-0.1, -0.05) is 30.0 Å². The van der Waals surface area contributed by atoms with Gasteiger partial charge in [0.1, 0.15) is 11.5 Å². The SMILES string of the molecule is COc1ccc([S+](c2ccc(OC)cc2)c2ccc(Sc3ccccc3)cc2)cc1.[F][Sb]([F])([F])([F])[F]. The molecule has 36 heavy (non-hydrogen) atoms. The van der Waals surface area contributed by atoms with Crippen molar-refractivity contribution in [1.29, 1.82) is 0 Å². The summed E-state index contributed by atoms with van der Waals surface area (Å²) in [6.07, 6.45) is 0. The summed E-state index contributed by atoms with van der Waals surface area (Å²) in [5.74, 6) is 1.73. The molecule has 0 fully saturated rings. The molecule has 4 aromatic rings. The van der Waals surface area contributed by atoms with Crippen molar-refractivity contribution in [2.75, 3.05) is 14.2 Å². The van der Waals surface area contributed by atoms with E-state index in [1.54, 1.807) is 26.0 Å². The van der Waals surface area contributed by atoms with E-state index in [4.69, 9.17) is 9.47 Å². The number of halogens is 5. The van der Waals surface area contributed by atoms with Crippen molar-refractivity contribution < 1.29 is 23.5 Å². The van der Waals surface area contributed by atoms with E-state index >= 15 is 0 Å².